The molecule has 0 aromatic heterocycles. The highest BCUT2D eigenvalue weighted by molar-refractivity contribution is 7.90. The van der Waals surface area contributed by atoms with Gasteiger partial charge in [0.05, 0.1) is 5.25 Å². The topological polar surface area (TPSA) is 49.4 Å². The summed E-state index contributed by atoms with van der Waals surface area (Å²) in [4.78, 5) is 2.11. The van der Waals surface area contributed by atoms with E-state index in [2.05, 4.69) is 23.5 Å². The fraction of sp³-hybridized carbons (Fsp3) is 1.00. The van der Waals surface area contributed by atoms with Gasteiger partial charge in [0.1, 0.15) is 0 Å². The minimum absolute atomic E-state index is 0.263. The lowest BCUT2D eigenvalue weighted by Crippen LogP contribution is -2.46. The fourth-order valence-electron chi connectivity index (χ4n) is 1.97. The SMILES string of the molecule is CCC(CC)C(CNS(=O)(=O)C(C)C)N(C)C. The van der Waals surface area contributed by atoms with Gasteiger partial charge in [-0.05, 0) is 33.9 Å². The molecule has 5 heteroatoms. The van der Waals surface area contributed by atoms with Crippen molar-refractivity contribution in [2.24, 2.45) is 5.92 Å². The molecule has 0 saturated heterocycles. The summed E-state index contributed by atoms with van der Waals surface area (Å²) in [5, 5.41) is -0.369. The van der Waals surface area contributed by atoms with Gasteiger partial charge in [0.2, 0.25) is 10.0 Å². The Morgan fingerprint density at radius 2 is 1.59 bits per heavy atom. The quantitative estimate of drug-likeness (QED) is 0.725. The predicted octanol–water partition coefficient (Wildman–Crippen LogP) is 1.68. The summed E-state index contributed by atoms with van der Waals surface area (Å²) in [5.74, 6) is 0.528. The molecule has 0 aromatic rings. The van der Waals surface area contributed by atoms with E-state index in [1.807, 2.05) is 14.1 Å². The minimum Gasteiger partial charge on any atom is -0.305 e. The molecule has 17 heavy (non-hydrogen) atoms. The van der Waals surface area contributed by atoms with Crippen LogP contribution < -0.4 is 4.72 Å². The molecule has 0 amide bonds. The Morgan fingerprint density at radius 3 is 1.88 bits per heavy atom. The summed E-state index contributed by atoms with van der Waals surface area (Å²) in [6.07, 6.45) is 2.14. The Hall–Kier alpha value is -0.130. The highest BCUT2D eigenvalue weighted by Gasteiger charge is 2.23. The lowest BCUT2D eigenvalue weighted by atomic mass is 9.93. The summed E-state index contributed by atoms with van der Waals surface area (Å²) in [7, 11) is 0.860. The van der Waals surface area contributed by atoms with Crippen molar-refractivity contribution in [3.63, 3.8) is 0 Å². The second-order valence-electron chi connectivity index (χ2n) is 5.05. The third-order valence-corrected chi connectivity index (χ3v) is 5.18. The molecule has 0 aliphatic rings. The molecule has 0 aromatic carbocycles. The highest BCUT2D eigenvalue weighted by atomic mass is 32.2. The van der Waals surface area contributed by atoms with E-state index >= 15 is 0 Å². The van der Waals surface area contributed by atoms with Crippen molar-refractivity contribution >= 4 is 10.0 Å². The number of hydrogen-bond donors (Lipinski definition) is 1. The second kappa shape index (κ2) is 7.34. The van der Waals surface area contributed by atoms with Crippen molar-refractivity contribution in [1.82, 2.24) is 9.62 Å². The van der Waals surface area contributed by atoms with Crippen LogP contribution in [0.4, 0.5) is 0 Å². The summed E-state index contributed by atoms with van der Waals surface area (Å²) < 4.78 is 26.2. The maximum absolute atomic E-state index is 11.7. The van der Waals surface area contributed by atoms with Gasteiger partial charge in [-0.15, -0.1) is 0 Å². The second-order valence-corrected chi connectivity index (χ2v) is 7.37. The zero-order chi connectivity index (χ0) is 13.6. The Bertz CT molecular complexity index is 296. The van der Waals surface area contributed by atoms with Crippen molar-refractivity contribution in [3.05, 3.63) is 0 Å². The van der Waals surface area contributed by atoms with Crippen LogP contribution in [0.5, 0.6) is 0 Å². The van der Waals surface area contributed by atoms with Gasteiger partial charge < -0.3 is 4.90 Å². The van der Waals surface area contributed by atoms with Gasteiger partial charge in [-0.3, -0.25) is 0 Å². The van der Waals surface area contributed by atoms with Gasteiger partial charge in [-0.1, -0.05) is 26.7 Å². The standard InChI is InChI=1S/C12H28N2O2S/c1-7-11(8-2)12(14(5)6)9-13-17(15,16)10(3)4/h10-13H,7-9H2,1-6H3. The molecular formula is C12H28N2O2S. The molecule has 0 saturated carbocycles. The molecular weight excluding hydrogens is 236 g/mol. The van der Waals surface area contributed by atoms with Crippen LogP contribution in [0.15, 0.2) is 0 Å². The molecule has 0 aliphatic carbocycles. The monoisotopic (exact) mass is 264 g/mol. The van der Waals surface area contributed by atoms with Crippen LogP contribution in [0.2, 0.25) is 0 Å². The molecule has 0 fully saturated rings. The van der Waals surface area contributed by atoms with Gasteiger partial charge in [-0.25, -0.2) is 13.1 Å². The van der Waals surface area contributed by atoms with E-state index in [-0.39, 0.29) is 11.3 Å². The van der Waals surface area contributed by atoms with Crippen molar-refractivity contribution < 1.29 is 8.42 Å². The number of likely N-dealkylation sites (N-methyl/N-ethyl adjacent to an activating group) is 1. The Kier molecular flexibility index (Phi) is 7.28. The first-order valence-corrected chi connectivity index (χ1v) is 7.95. The first-order chi connectivity index (χ1) is 7.76. The largest absolute Gasteiger partial charge is 0.305 e. The fourth-order valence-corrected chi connectivity index (χ4v) is 2.71. The molecule has 1 atom stereocenters. The van der Waals surface area contributed by atoms with Crippen LogP contribution in [0.1, 0.15) is 40.5 Å². The van der Waals surface area contributed by atoms with Gasteiger partial charge in [0.15, 0.2) is 0 Å². The van der Waals surface area contributed by atoms with Gasteiger partial charge in [0.25, 0.3) is 0 Å². The maximum atomic E-state index is 11.7. The molecule has 0 bridgehead atoms. The van der Waals surface area contributed by atoms with Crippen molar-refractivity contribution in [2.45, 2.75) is 51.8 Å². The average Bonchev–Trinajstić information content (AvgIpc) is 2.23. The third kappa shape index (κ3) is 5.36. The molecule has 1 unspecified atom stereocenters. The molecule has 4 nitrogen and oxygen atoms in total. The summed E-state index contributed by atoms with van der Waals surface area (Å²) in [6, 6.07) is 0.263. The van der Waals surface area contributed by atoms with Crippen LogP contribution in [0, 0.1) is 5.92 Å². The number of nitrogens with zero attached hydrogens (tertiary/aromatic N) is 1. The number of nitrogens with one attached hydrogen (secondary N) is 1. The number of rotatable bonds is 8. The minimum atomic E-state index is -3.15. The number of hydrogen-bond acceptors (Lipinski definition) is 3. The Morgan fingerprint density at radius 1 is 1.12 bits per heavy atom. The molecule has 0 spiro atoms. The van der Waals surface area contributed by atoms with E-state index in [1.165, 1.54) is 0 Å². The van der Waals surface area contributed by atoms with Crippen molar-refractivity contribution in [1.29, 1.82) is 0 Å². The predicted molar refractivity (Wildman–Crippen MR) is 73.6 cm³/mol. The van der Waals surface area contributed by atoms with Gasteiger partial charge in [0, 0.05) is 12.6 Å². The summed E-state index contributed by atoms with van der Waals surface area (Å²) >= 11 is 0. The van der Waals surface area contributed by atoms with Gasteiger partial charge in [-0.2, -0.15) is 0 Å². The third-order valence-electron chi connectivity index (χ3n) is 3.37. The van der Waals surface area contributed by atoms with Gasteiger partial charge >= 0.3 is 0 Å². The van der Waals surface area contributed by atoms with Crippen LogP contribution in [-0.4, -0.2) is 45.2 Å². The lowest BCUT2D eigenvalue weighted by Gasteiger charge is -2.31. The van der Waals surface area contributed by atoms with Crippen LogP contribution in [-0.2, 0) is 10.0 Å². The Balaban J connectivity index is 4.58. The zero-order valence-corrected chi connectivity index (χ0v) is 12.8. The molecule has 0 rings (SSSR count). The average molecular weight is 264 g/mol. The summed E-state index contributed by atoms with van der Waals surface area (Å²) in [6.45, 7) is 8.21. The van der Waals surface area contributed by atoms with E-state index in [4.69, 9.17) is 0 Å². The zero-order valence-electron chi connectivity index (χ0n) is 12.0. The summed E-state index contributed by atoms with van der Waals surface area (Å²) in [5.41, 5.74) is 0. The van der Waals surface area contributed by atoms with E-state index in [1.54, 1.807) is 13.8 Å². The Labute approximate surface area is 107 Å². The molecule has 0 aliphatic heterocycles. The van der Waals surface area contributed by atoms with E-state index in [0.29, 0.717) is 12.5 Å². The smallest absolute Gasteiger partial charge is 0.213 e. The van der Waals surface area contributed by atoms with Crippen LogP contribution in [0.3, 0.4) is 0 Å². The molecule has 0 heterocycles. The van der Waals surface area contributed by atoms with Crippen molar-refractivity contribution in [3.8, 4) is 0 Å². The molecule has 0 radical (unpaired) electrons. The normalized spacial score (nSPS) is 14.9. The van der Waals surface area contributed by atoms with Crippen LogP contribution in [0.25, 0.3) is 0 Å². The lowest BCUT2D eigenvalue weighted by molar-refractivity contribution is 0.201. The van der Waals surface area contributed by atoms with E-state index < -0.39 is 10.0 Å². The van der Waals surface area contributed by atoms with Crippen LogP contribution >= 0.6 is 0 Å². The van der Waals surface area contributed by atoms with E-state index in [0.717, 1.165) is 12.8 Å². The maximum Gasteiger partial charge on any atom is 0.213 e. The molecule has 104 valence electrons. The van der Waals surface area contributed by atoms with E-state index in [9.17, 15) is 8.42 Å². The van der Waals surface area contributed by atoms with Crippen molar-refractivity contribution in [2.75, 3.05) is 20.6 Å². The first-order valence-electron chi connectivity index (χ1n) is 6.41. The first kappa shape index (κ1) is 16.9. The number of sulfonamides is 1. The molecule has 1 N–H and O–H groups in total. The highest BCUT2D eigenvalue weighted by Crippen LogP contribution is 2.16.